The van der Waals surface area contributed by atoms with E-state index in [9.17, 15) is 8.42 Å². The lowest BCUT2D eigenvalue weighted by Gasteiger charge is -2.11. The van der Waals surface area contributed by atoms with Crippen molar-refractivity contribution in [3.05, 3.63) is 28.2 Å². The number of benzene rings is 1. The van der Waals surface area contributed by atoms with Crippen LogP contribution in [0.1, 0.15) is 39.2 Å². The SMILES string of the molecule is CCCNCc1ccc(Br)c(S(=O)(=O)NCCC(C)C)c1. The van der Waals surface area contributed by atoms with Gasteiger partial charge in [-0.2, -0.15) is 0 Å². The molecule has 1 aromatic rings. The van der Waals surface area contributed by atoms with Gasteiger partial charge in [0.05, 0.1) is 4.90 Å². The molecule has 0 heterocycles. The van der Waals surface area contributed by atoms with Crippen molar-refractivity contribution >= 4 is 26.0 Å². The van der Waals surface area contributed by atoms with Gasteiger partial charge in [-0.15, -0.1) is 0 Å². The quantitative estimate of drug-likeness (QED) is 0.650. The van der Waals surface area contributed by atoms with Gasteiger partial charge in [0.1, 0.15) is 0 Å². The molecule has 120 valence electrons. The molecule has 0 aliphatic rings. The lowest BCUT2D eigenvalue weighted by atomic mass is 10.1. The fourth-order valence-corrected chi connectivity index (χ4v) is 3.89. The molecular weight excluding hydrogens is 352 g/mol. The third-order valence-electron chi connectivity index (χ3n) is 3.05. The number of rotatable bonds is 9. The first-order valence-electron chi connectivity index (χ1n) is 7.35. The Kier molecular flexibility index (Phi) is 7.87. The normalized spacial score (nSPS) is 12.0. The highest BCUT2D eigenvalue weighted by molar-refractivity contribution is 9.10. The average molecular weight is 377 g/mol. The predicted octanol–water partition coefficient (Wildman–Crippen LogP) is 3.27. The minimum Gasteiger partial charge on any atom is -0.313 e. The van der Waals surface area contributed by atoms with E-state index in [0.29, 0.717) is 28.4 Å². The van der Waals surface area contributed by atoms with Gasteiger partial charge in [0, 0.05) is 17.6 Å². The van der Waals surface area contributed by atoms with Crippen molar-refractivity contribution in [2.45, 2.75) is 45.1 Å². The summed E-state index contributed by atoms with van der Waals surface area (Å²) >= 11 is 3.33. The highest BCUT2D eigenvalue weighted by Crippen LogP contribution is 2.23. The molecule has 2 N–H and O–H groups in total. The van der Waals surface area contributed by atoms with E-state index in [1.807, 2.05) is 6.07 Å². The summed E-state index contributed by atoms with van der Waals surface area (Å²) in [6, 6.07) is 5.45. The van der Waals surface area contributed by atoms with E-state index in [1.54, 1.807) is 12.1 Å². The van der Waals surface area contributed by atoms with Crippen molar-refractivity contribution in [2.24, 2.45) is 5.92 Å². The van der Waals surface area contributed by atoms with Gasteiger partial charge in [0.25, 0.3) is 0 Å². The average Bonchev–Trinajstić information content (AvgIpc) is 2.40. The maximum Gasteiger partial charge on any atom is 0.241 e. The summed E-state index contributed by atoms with van der Waals surface area (Å²) in [6.45, 7) is 8.31. The predicted molar refractivity (Wildman–Crippen MR) is 90.8 cm³/mol. The van der Waals surface area contributed by atoms with Crippen LogP contribution in [0.2, 0.25) is 0 Å². The fourth-order valence-electron chi connectivity index (χ4n) is 1.83. The molecule has 0 aromatic heterocycles. The molecule has 0 aliphatic carbocycles. The molecule has 0 fully saturated rings. The maximum absolute atomic E-state index is 12.4. The zero-order valence-corrected chi connectivity index (χ0v) is 15.4. The largest absolute Gasteiger partial charge is 0.313 e. The second-order valence-corrected chi connectivity index (χ2v) is 8.11. The van der Waals surface area contributed by atoms with Crippen molar-refractivity contribution < 1.29 is 8.42 Å². The number of hydrogen-bond donors (Lipinski definition) is 2. The summed E-state index contributed by atoms with van der Waals surface area (Å²) in [6.07, 6.45) is 1.88. The van der Waals surface area contributed by atoms with Gasteiger partial charge in [-0.05, 0) is 58.9 Å². The summed E-state index contributed by atoms with van der Waals surface area (Å²) in [5.41, 5.74) is 0.968. The first-order chi connectivity index (χ1) is 9.86. The molecule has 0 bridgehead atoms. The Hall–Kier alpha value is -0.430. The number of hydrogen-bond acceptors (Lipinski definition) is 3. The molecule has 0 saturated carbocycles. The third kappa shape index (κ3) is 6.46. The second kappa shape index (κ2) is 8.88. The molecule has 21 heavy (non-hydrogen) atoms. The van der Waals surface area contributed by atoms with Crippen LogP contribution in [-0.2, 0) is 16.6 Å². The monoisotopic (exact) mass is 376 g/mol. The number of sulfonamides is 1. The van der Waals surface area contributed by atoms with Gasteiger partial charge in [0.2, 0.25) is 10.0 Å². The summed E-state index contributed by atoms with van der Waals surface area (Å²) in [4.78, 5) is 0.307. The van der Waals surface area contributed by atoms with Crippen LogP contribution in [0.15, 0.2) is 27.6 Å². The summed E-state index contributed by atoms with van der Waals surface area (Å²) in [7, 11) is -3.46. The van der Waals surface area contributed by atoms with Crippen LogP contribution in [-0.4, -0.2) is 21.5 Å². The Labute approximate surface area is 136 Å². The molecule has 4 nitrogen and oxygen atoms in total. The highest BCUT2D eigenvalue weighted by atomic mass is 79.9. The van der Waals surface area contributed by atoms with Crippen LogP contribution in [0.5, 0.6) is 0 Å². The Balaban J connectivity index is 2.81. The van der Waals surface area contributed by atoms with Crippen LogP contribution in [0.3, 0.4) is 0 Å². The molecule has 1 rings (SSSR count). The Morgan fingerprint density at radius 2 is 1.95 bits per heavy atom. The van der Waals surface area contributed by atoms with Crippen molar-refractivity contribution in [3.63, 3.8) is 0 Å². The van der Waals surface area contributed by atoms with E-state index < -0.39 is 10.0 Å². The van der Waals surface area contributed by atoms with E-state index in [2.05, 4.69) is 46.7 Å². The van der Waals surface area contributed by atoms with Crippen molar-refractivity contribution in [1.29, 1.82) is 0 Å². The third-order valence-corrected chi connectivity index (χ3v) is 5.51. The van der Waals surface area contributed by atoms with E-state index in [1.165, 1.54) is 0 Å². The standard InChI is InChI=1S/C15H25BrN2O2S/c1-4-8-17-11-13-5-6-14(16)15(10-13)21(19,20)18-9-7-12(2)3/h5-6,10,12,17-18H,4,7-9,11H2,1-3H3. The van der Waals surface area contributed by atoms with Gasteiger partial charge >= 0.3 is 0 Å². The van der Waals surface area contributed by atoms with Crippen LogP contribution in [0.4, 0.5) is 0 Å². The lowest BCUT2D eigenvalue weighted by Crippen LogP contribution is -2.26. The van der Waals surface area contributed by atoms with Crippen LogP contribution < -0.4 is 10.0 Å². The smallest absolute Gasteiger partial charge is 0.241 e. The minimum atomic E-state index is -3.46. The topological polar surface area (TPSA) is 58.2 Å². The van der Waals surface area contributed by atoms with Crippen LogP contribution in [0, 0.1) is 5.92 Å². The molecule has 0 spiro atoms. The minimum absolute atomic E-state index is 0.307. The first kappa shape index (κ1) is 18.6. The Bertz CT molecular complexity index is 545. The molecule has 0 saturated heterocycles. The lowest BCUT2D eigenvalue weighted by molar-refractivity contribution is 0.551. The van der Waals surface area contributed by atoms with Crippen LogP contribution >= 0.6 is 15.9 Å². The van der Waals surface area contributed by atoms with E-state index in [-0.39, 0.29) is 0 Å². The van der Waals surface area contributed by atoms with E-state index in [0.717, 1.165) is 24.9 Å². The van der Waals surface area contributed by atoms with Gasteiger partial charge in [-0.1, -0.05) is 26.8 Å². The summed E-state index contributed by atoms with van der Waals surface area (Å²) in [5, 5.41) is 3.28. The highest BCUT2D eigenvalue weighted by Gasteiger charge is 2.17. The van der Waals surface area contributed by atoms with E-state index >= 15 is 0 Å². The van der Waals surface area contributed by atoms with Crippen molar-refractivity contribution in [1.82, 2.24) is 10.0 Å². The molecule has 0 amide bonds. The van der Waals surface area contributed by atoms with Gasteiger partial charge < -0.3 is 5.32 Å². The Morgan fingerprint density at radius 1 is 1.24 bits per heavy atom. The molecule has 0 atom stereocenters. The van der Waals surface area contributed by atoms with E-state index in [4.69, 9.17) is 0 Å². The molecule has 6 heteroatoms. The summed E-state index contributed by atoms with van der Waals surface area (Å²) in [5.74, 6) is 0.473. The number of nitrogens with one attached hydrogen (secondary N) is 2. The summed E-state index contributed by atoms with van der Waals surface area (Å²) < 4.78 is 28.0. The van der Waals surface area contributed by atoms with Gasteiger partial charge in [-0.25, -0.2) is 13.1 Å². The maximum atomic E-state index is 12.4. The molecule has 0 radical (unpaired) electrons. The molecule has 0 unspecified atom stereocenters. The zero-order valence-electron chi connectivity index (χ0n) is 12.9. The van der Waals surface area contributed by atoms with Gasteiger partial charge in [0.15, 0.2) is 0 Å². The first-order valence-corrected chi connectivity index (χ1v) is 9.63. The fraction of sp³-hybridized carbons (Fsp3) is 0.600. The molecular formula is C15H25BrN2O2S. The second-order valence-electron chi connectivity index (χ2n) is 5.52. The number of halogens is 1. The zero-order chi connectivity index (χ0) is 15.9. The Morgan fingerprint density at radius 3 is 2.57 bits per heavy atom. The van der Waals surface area contributed by atoms with Gasteiger partial charge in [-0.3, -0.25) is 0 Å². The van der Waals surface area contributed by atoms with Crippen LogP contribution in [0.25, 0.3) is 0 Å². The molecule has 1 aromatic carbocycles. The van der Waals surface area contributed by atoms with Crippen molar-refractivity contribution in [3.8, 4) is 0 Å². The molecule has 0 aliphatic heterocycles. The van der Waals surface area contributed by atoms with Crippen molar-refractivity contribution in [2.75, 3.05) is 13.1 Å².